The molecule has 0 aliphatic carbocycles. The molecule has 0 aromatic heterocycles. The van der Waals surface area contributed by atoms with E-state index < -0.39 is 23.3 Å². The number of methoxy groups -OCH3 is 1. The van der Waals surface area contributed by atoms with E-state index in [2.05, 4.69) is 0 Å². The number of benzene rings is 2. The van der Waals surface area contributed by atoms with Crippen molar-refractivity contribution in [2.24, 2.45) is 5.92 Å². The molecule has 10 heteroatoms. The van der Waals surface area contributed by atoms with Gasteiger partial charge in [0.05, 0.1) is 12.8 Å². The second kappa shape index (κ2) is 10.7. The van der Waals surface area contributed by atoms with Crippen LogP contribution in [0.15, 0.2) is 48.5 Å². The Balaban J connectivity index is 1.81. The van der Waals surface area contributed by atoms with Gasteiger partial charge in [0.2, 0.25) is 0 Å². The summed E-state index contributed by atoms with van der Waals surface area (Å²) in [5, 5.41) is 9.96. The van der Waals surface area contributed by atoms with E-state index in [4.69, 9.17) is 4.74 Å². The van der Waals surface area contributed by atoms with Crippen LogP contribution in [0.5, 0.6) is 5.75 Å². The molecule has 1 aliphatic heterocycles. The van der Waals surface area contributed by atoms with E-state index in [9.17, 15) is 23.5 Å². The highest BCUT2D eigenvalue weighted by atomic mass is 32.2. The Morgan fingerprint density at radius 1 is 1.03 bits per heavy atom. The van der Waals surface area contributed by atoms with Crippen molar-refractivity contribution < 1.29 is 28.2 Å². The van der Waals surface area contributed by atoms with Crippen molar-refractivity contribution >= 4 is 29.0 Å². The normalized spacial score (nSPS) is 16.1. The topological polar surface area (TPSA) is 111 Å². The summed E-state index contributed by atoms with van der Waals surface area (Å²) in [4.78, 5) is 27.5. The fraction of sp³-hybridized carbons (Fsp3) is 0.391. The molecule has 2 aromatic carbocycles. The van der Waals surface area contributed by atoms with Crippen LogP contribution in [0.1, 0.15) is 12.8 Å². The maximum Gasteiger partial charge on any atom is 0.327 e. The number of hydrogen-bond donors (Lipinski definition) is 2. The van der Waals surface area contributed by atoms with E-state index in [1.807, 2.05) is 24.3 Å². The van der Waals surface area contributed by atoms with Gasteiger partial charge in [-0.1, -0.05) is 24.3 Å². The summed E-state index contributed by atoms with van der Waals surface area (Å²) >= 11 is -2.54. The number of likely N-dealkylation sites (tertiary alicyclic amines) is 1. The number of amides is 2. The molecule has 2 aromatic rings. The Hall–Kier alpha value is -3.11. The van der Waals surface area contributed by atoms with Crippen molar-refractivity contribution in [1.82, 2.24) is 9.80 Å². The summed E-state index contributed by atoms with van der Waals surface area (Å²) in [6.45, 7) is 0.793. The molecule has 3 rings (SSSR count). The molecule has 178 valence electrons. The quantitative estimate of drug-likeness (QED) is 0.595. The zero-order valence-corrected chi connectivity index (χ0v) is 19.7. The molecule has 0 radical (unpaired) electrons. The number of carboxylic acids is 1. The molecule has 2 amide bonds. The lowest BCUT2D eigenvalue weighted by Crippen LogP contribution is -2.52. The molecular formula is C23H29N3O6S. The molecule has 2 unspecified atom stereocenters. The monoisotopic (exact) mass is 475 g/mol. The first-order valence-corrected chi connectivity index (χ1v) is 11.6. The molecular weight excluding hydrogens is 446 g/mol. The van der Waals surface area contributed by atoms with Crippen LogP contribution >= 0.6 is 0 Å². The second-order valence-corrected chi connectivity index (χ2v) is 8.97. The minimum atomic E-state index is -2.54. The second-order valence-electron chi connectivity index (χ2n) is 8.12. The summed E-state index contributed by atoms with van der Waals surface area (Å²) < 4.78 is 28.5. The lowest BCUT2D eigenvalue weighted by atomic mass is 9.89. The Kier molecular flexibility index (Phi) is 7.93. The van der Waals surface area contributed by atoms with Gasteiger partial charge >= 0.3 is 12.0 Å². The first-order chi connectivity index (χ1) is 15.7. The highest BCUT2D eigenvalue weighted by Crippen LogP contribution is 2.31. The fourth-order valence-corrected chi connectivity index (χ4v) is 4.87. The SMILES string of the molecule is COc1ccc(-c2ccc(N(C(C(=O)O)C3CCN(C(=O)N(C)C)CC3)S(=O)O)cc2)cc1. The van der Waals surface area contributed by atoms with E-state index in [-0.39, 0.29) is 11.9 Å². The minimum absolute atomic E-state index is 0.128. The number of urea groups is 1. The maximum atomic E-state index is 12.3. The van der Waals surface area contributed by atoms with Crippen molar-refractivity contribution in [2.45, 2.75) is 18.9 Å². The molecule has 1 saturated heterocycles. The number of carboxylic acid groups (broad SMARTS) is 1. The van der Waals surface area contributed by atoms with E-state index in [1.165, 1.54) is 4.90 Å². The molecule has 9 nitrogen and oxygen atoms in total. The van der Waals surface area contributed by atoms with Gasteiger partial charge < -0.3 is 19.6 Å². The predicted octanol–water partition coefficient (Wildman–Crippen LogP) is 3.15. The molecule has 0 bridgehead atoms. The van der Waals surface area contributed by atoms with Crippen LogP contribution in [-0.4, -0.2) is 76.0 Å². The predicted molar refractivity (Wildman–Crippen MR) is 126 cm³/mol. The lowest BCUT2D eigenvalue weighted by molar-refractivity contribution is -0.140. The Morgan fingerprint density at radius 3 is 1.97 bits per heavy atom. The van der Waals surface area contributed by atoms with E-state index >= 15 is 0 Å². The van der Waals surface area contributed by atoms with Gasteiger partial charge in [0.1, 0.15) is 11.8 Å². The highest BCUT2D eigenvalue weighted by molar-refractivity contribution is 7.80. The summed E-state index contributed by atoms with van der Waals surface area (Å²) in [5.74, 6) is -0.819. The van der Waals surface area contributed by atoms with Gasteiger partial charge in [-0.05, 0) is 54.2 Å². The van der Waals surface area contributed by atoms with Crippen LogP contribution in [0.2, 0.25) is 0 Å². The average Bonchev–Trinajstić information content (AvgIpc) is 2.82. The molecule has 2 N–H and O–H groups in total. The Morgan fingerprint density at radius 2 is 1.55 bits per heavy atom. The number of nitrogens with zero attached hydrogens (tertiary/aromatic N) is 3. The minimum Gasteiger partial charge on any atom is -0.497 e. The largest absolute Gasteiger partial charge is 0.497 e. The van der Waals surface area contributed by atoms with Gasteiger partial charge in [-0.2, -0.15) is 0 Å². The van der Waals surface area contributed by atoms with Gasteiger partial charge in [0.15, 0.2) is 0 Å². The lowest BCUT2D eigenvalue weighted by Gasteiger charge is -2.38. The van der Waals surface area contributed by atoms with Crippen molar-refractivity contribution in [3.8, 4) is 16.9 Å². The third kappa shape index (κ3) is 5.63. The summed E-state index contributed by atoms with van der Waals surface area (Å²) in [6.07, 6.45) is 0.850. The Bertz CT molecular complexity index is 988. The van der Waals surface area contributed by atoms with Crippen LogP contribution in [0.3, 0.4) is 0 Å². The number of carbonyl (C=O) groups excluding carboxylic acids is 1. The number of piperidine rings is 1. The van der Waals surface area contributed by atoms with Crippen LogP contribution in [0.4, 0.5) is 10.5 Å². The zero-order valence-electron chi connectivity index (χ0n) is 18.9. The van der Waals surface area contributed by atoms with Gasteiger partial charge in [0.25, 0.3) is 11.3 Å². The summed E-state index contributed by atoms with van der Waals surface area (Å²) in [6, 6.07) is 13.0. The third-order valence-electron chi connectivity index (χ3n) is 5.86. The first-order valence-electron chi connectivity index (χ1n) is 10.6. The summed E-state index contributed by atoms with van der Waals surface area (Å²) in [5.41, 5.74) is 2.16. The number of rotatable bonds is 7. The number of ether oxygens (including phenoxy) is 1. The maximum absolute atomic E-state index is 12.3. The van der Waals surface area contributed by atoms with Crippen molar-refractivity contribution in [3.63, 3.8) is 0 Å². The van der Waals surface area contributed by atoms with Gasteiger partial charge in [0, 0.05) is 27.2 Å². The molecule has 33 heavy (non-hydrogen) atoms. The number of carbonyl (C=O) groups is 2. The van der Waals surface area contributed by atoms with Crippen molar-refractivity contribution in [1.29, 1.82) is 0 Å². The van der Waals surface area contributed by atoms with Crippen LogP contribution in [-0.2, 0) is 16.1 Å². The molecule has 1 fully saturated rings. The van der Waals surface area contributed by atoms with Crippen LogP contribution in [0, 0.1) is 5.92 Å². The fourth-order valence-electron chi connectivity index (χ4n) is 4.11. The summed E-state index contributed by atoms with van der Waals surface area (Å²) in [7, 11) is 4.93. The van der Waals surface area contributed by atoms with Crippen molar-refractivity contribution in [2.75, 3.05) is 38.6 Å². The third-order valence-corrected chi connectivity index (χ3v) is 6.63. The van der Waals surface area contributed by atoms with Gasteiger partial charge in [-0.3, -0.25) is 8.86 Å². The van der Waals surface area contributed by atoms with Gasteiger partial charge in [-0.25, -0.2) is 13.8 Å². The number of hydrogen-bond acceptors (Lipinski definition) is 4. The van der Waals surface area contributed by atoms with Crippen molar-refractivity contribution in [3.05, 3.63) is 48.5 Å². The molecule has 1 aliphatic rings. The zero-order chi connectivity index (χ0) is 24.1. The number of anilines is 1. The van der Waals surface area contributed by atoms with E-state index in [0.717, 1.165) is 21.2 Å². The first kappa shape index (κ1) is 24.5. The number of aliphatic carboxylic acids is 1. The molecule has 2 atom stereocenters. The Labute approximate surface area is 196 Å². The smallest absolute Gasteiger partial charge is 0.327 e. The van der Waals surface area contributed by atoms with Crippen LogP contribution in [0.25, 0.3) is 11.1 Å². The van der Waals surface area contributed by atoms with E-state index in [0.29, 0.717) is 31.6 Å². The van der Waals surface area contributed by atoms with Crippen LogP contribution < -0.4 is 9.04 Å². The molecule has 0 saturated carbocycles. The van der Waals surface area contributed by atoms with E-state index in [1.54, 1.807) is 50.4 Å². The molecule has 1 heterocycles. The van der Waals surface area contributed by atoms with Gasteiger partial charge in [-0.15, -0.1) is 0 Å². The highest BCUT2D eigenvalue weighted by Gasteiger charge is 2.39. The average molecular weight is 476 g/mol. The standard InChI is InChI=1S/C23H29N3O6S/c1-24(2)23(29)25-14-12-18(13-15-25)21(22(27)28)26(33(30)31)19-8-4-16(5-9-19)17-6-10-20(32-3)11-7-17/h4-11,18,21H,12-15H2,1-3H3,(H,27,28)(H,30,31). The molecule has 0 spiro atoms.